The molecule has 2 rings (SSSR count). The Morgan fingerprint density at radius 3 is 3.06 bits per heavy atom. The van der Waals surface area contributed by atoms with Gasteiger partial charge in [0, 0.05) is 18.8 Å². The molecule has 1 saturated heterocycles. The molecule has 1 N–H and O–H groups in total. The lowest BCUT2D eigenvalue weighted by atomic mass is 10.3. The molecule has 1 aromatic heterocycles. The monoisotopic (exact) mass is 217 g/mol. The molecule has 82 valence electrons. The van der Waals surface area contributed by atoms with E-state index >= 15 is 0 Å². The molecule has 16 heavy (non-hydrogen) atoms. The van der Waals surface area contributed by atoms with Crippen molar-refractivity contribution in [1.29, 1.82) is 5.26 Å². The van der Waals surface area contributed by atoms with Gasteiger partial charge in [-0.3, -0.25) is 4.79 Å². The second kappa shape index (κ2) is 4.14. The van der Waals surface area contributed by atoms with E-state index in [2.05, 4.69) is 15.3 Å². The van der Waals surface area contributed by atoms with E-state index in [0.717, 1.165) is 5.69 Å². The van der Waals surface area contributed by atoms with Gasteiger partial charge in [-0.05, 0) is 13.0 Å². The van der Waals surface area contributed by atoms with E-state index in [1.807, 2.05) is 6.07 Å². The Morgan fingerprint density at radius 2 is 2.38 bits per heavy atom. The largest absolute Gasteiger partial charge is 0.353 e. The Kier molecular flexibility index (Phi) is 2.68. The van der Waals surface area contributed by atoms with Crippen molar-refractivity contribution in [2.24, 2.45) is 0 Å². The van der Waals surface area contributed by atoms with Crippen molar-refractivity contribution in [2.75, 3.05) is 24.5 Å². The minimum Gasteiger partial charge on any atom is -0.353 e. The fourth-order valence-electron chi connectivity index (χ4n) is 1.56. The lowest BCUT2D eigenvalue weighted by Crippen LogP contribution is -2.48. The molecular weight excluding hydrogens is 206 g/mol. The van der Waals surface area contributed by atoms with Crippen LogP contribution in [0.4, 0.5) is 5.95 Å². The van der Waals surface area contributed by atoms with E-state index in [1.54, 1.807) is 17.9 Å². The van der Waals surface area contributed by atoms with Crippen molar-refractivity contribution in [1.82, 2.24) is 15.3 Å². The van der Waals surface area contributed by atoms with Crippen LogP contribution in [0.2, 0.25) is 0 Å². The molecule has 1 amide bonds. The molecule has 0 unspecified atom stereocenters. The predicted molar refractivity (Wildman–Crippen MR) is 56.7 cm³/mol. The molecule has 0 bridgehead atoms. The molecule has 1 aliphatic rings. The summed E-state index contributed by atoms with van der Waals surface area (Å²) in [7, 11) is 0. The number of carbonyl (C=O) groups excluding carboxylic acids is 1. The summed E-state index contributed by atoms with van der Waals surface area (Å²) in [5, 5.41) is 11.5. The maximum absolute atomic E-state index is 11.2. The summed E-state index contributed by atoms with van der Waals surface area (Å²) in [6.07, 6.45) is 0. The normalized spacial score (nSPS) is 15.5. The van der Waals surface area contributed by atoms with Crippen molar-refractivity contribution >= 4 is 11.9 Å². The number of rotatable bonds is 1. The van der Waals surface area contributed by atoms with Gasteiger partial charge in [-0.2, -0.15) is 5.26 Å². The SMILES string of the molecule is Cc1cc(C#N)nc(N2CCNC(=O)C2)n1. The summed E-state index contributed by atoms with van der Waals surface area (Å²) in [4.78, 5) is 21.3. The summed E-state index contributed by atoms with van der Waals surface area (Å²) in [6.45, 7) is 3.29. The number of hydrogen-bond acceptors (Lipinski definition) is 5. The predicted octanol–water partition coefficient (Wildman–Crippen LogP) is -0.407. The molecule has 0 radical (unpaired) electrons. The van der Waals surface area contributed by atoms with Gasteiger partial charge in [0.1, 0.15) is 11.8 Å². The van der Waals surface area contributed by atoms with Crippen LogP contribution in [-0.4, -0.2) is 35.5 Å². The van der Waals surface area contributed by atoms with Gasteiger partial charge < -0.3 is 10.2 Å². The third-order valence-corrected chi connectivity index (χ3v) is 2.28. The number of hydrogen-bond donors (Lipinski definition) is 1. The van der Waals surface area contributed by atoms with E-state index < -0.39 is 0 Å². The minimum atomic E-state index is -0.0464. The summed E-state index contributed by atoms with van der Waals surface area (Å²) in [5.41, 5.74) is 1.06. The number of aryl methyl sites for hydroxylation is 1. The molecular formula is C10H11N5O. The number of anilines is 1. The van der Waals surface area contributed by atoms with Crippen molar-refractivity contribution < 1.29 is 4.79 Å². The molecule has 6 nitrogen and oxygen atoms in total. The van der Waals surface area contributed by atoms with Crippen molar-refractivity contribution in [3.8, 4) is 6.07 Å². The Bertz CT molecular complexity index is 465. The van der Waals surface area contributed by atoms with Crippen LogP contribution in [0.5, 0.6) is 0 Å². The third kappa shape index (κ3) is 2.08. The van der Waals surface area contributed by atoms with Crippen molar-refractivity contribution in [3.05, 3.63) is 17.5 Å². The standard InChI is InChI=1S/C10H11N5O/c1-7-4-8(5-11)14-10(13-7)15-3-2-12-9(16)6-15/h4H,2-3,6H2,1H3,(H,12,16). The highest BCUT2D eigenvalue weighted by Gasteiger charge is 2.19. The van der Waals surface area contributed by atoms with Crippen LogP contribution in [0.25, 0.3) is 0 Å². The second-order valence-corrected chi connectivity index (χ2v) is 3.58. The molecule has 0 saturated carbocycles. The first-order chi connectivity index (χ1) is 7.69. The first kappa shape index (κ1) is 10.4. The van der Waals surface area contributed by atoms with Crippen molar-refractivity contribution in [3.63, 3.8) is 0 Å². The van der Waals surface area contributed by atoms with Gasteiger partial charge >= 0.3 is 0 Å². The third-order valence-electron chi connectivity index (χ3n) is 2.28. The topological polar surface area (TPSA) is 81.9 Å². The van der Waals surface area contributed by atoms with Crippen molar-refractivity contribution in [2.45, 2.75) is 6.92 Å². The van der Waals surface area contributed by atoms with E-state index in [9.17, 15) is 4.79 Å². The summed E-state index contributed by atoms with van der Waals surface area (Å²) < 4.78 is 0. The molecule has 0 atom stereocenters. The van der Waals surface area contributed by atoms with Gasteiger partial charge in [-0.15, -0.1) is 0 Å². The summed E-state index contributed by atoms with van der Waals surface area (Å²) >= 11 is 0. The molecule has 1 aromatic rings. The number of aromatic nitrogens is 2. The smallest absolute Gasteiger partial charge is 0.239 e. The van der Waals surface area contributed by atoms with Gasteiger partial charge in [0.25, 0.3) is 0 Å². The summed E-state index contributed by atoms with van der Waals surface area (Å²) in [5.74, 6) is 0.404. The average Bonchev–Trinajstić information content (AvgIpc) is 2.28. The number of nitrogens with one attached hydrogen (secondary N) is 1. The zero-order valence-electron chi connectivity index (χ0n) is 8.90. The quantitative estimate of drug-likeness (QED) is 0.691. The Hall–Kier alpha value is -2.16. The number of carbonyl (C=O) groups is 1. The van der Waals surface area contributed by atoms with Crippen LogP contribution in [0.1, 0.15) is 11.4 Å². The first-order valence-corrected chi connectivity index (χ1v) is 4.96. The number of amides is 1. The average molecular weight is 217 g/mol. The number of nitrogens with zero attached hydrogens (tertiary/aromatic N) is 4. The van der Waals surface area contributed by atoms with Gasteiger partial charge in [0.15, 0.2) is 0 Å². The molecule has 0 aliphatic carbocycles. The van der Waals surface area contributed by atoms with Gasteiger partial charge in [-0.25, -0.2) is 9.97 Å². The molecule has 6 heteroatoms. The van der Waals surface area contributed by atoms with Crippen LogP contribution in [0.15, 0.2) is 6.07 Å². The fraction of sp³-hybridized carbons (Fsp3) is 0.400. The van der Waals surface area contributed by atoms with E-state index in [0.29, 0.717) is 24.7 Å². The zero-order chi connectivity index (χ0) is 11.5. The van der Waals surface area contributed by atoms with Crippen LogP contribution in [-0.2, 0) is 4.79 Å². The Balaban J connectivity index is 2.29. The van der Waals surface area contributed by atoms with Gasteiger partial charge in [-0.1, -0.05) is 0 Å². The second-order valence-electron chi connectivity index (χ2n) is 3.58. The summed E-state index contributed by atoms with van der Waals surface area (Å²) in [6, 6.07) is 3.60. The maximum atomic E-state index is 11.2. The molecule has 1 aliphatic heterocycles. The molecule has 0 aromatic carbocycles. The fourth-order valence-corrected chi connectivity index (χ4v) is 1.56. The highest BCUT2D eigenvalue weighted by Crippen LogP contribution is 2.10. The highest BCUT2D eigenvalue weighted by atomic mass is 16.2. The number of piperazine rings is 1. The van der Waals surface area contributed by atoms with Crippen LogP contribution in [0, 0.1) is 18.3 Å². The Labute approximate surface area is 92.9 Å². The zero-order valence-corrected chi connectivity index (χ0v) is 8.90. The Morgan fingerprint density at radius 1 is 1.56 bits per heavy atom. The lowest BCUT2D eigenvalue weighted by Gasteiger charge is -2.26. The van der Waals surface area contributed by atoms with Crippen LogP contribution in [0.3, 0.4) is 0 Å². The first-order valence-electron chi connectivity index (χ1n) is 4.96. The minimum absolute atomic E-state index is 0.0464. The lowest BCUT2D eigenvalue weighted by molar-refractivity contribution is -0.120. The maximum Gasteiger partial charge on any atom is 0.239 e. The van der Waals surface area contributed by atoms with Crippen LogP contribution >= 0.6 is 0 Å². The van der Waals surface area contributed by atoms with E-state index in [-0.39, 0.29) is 12.5 Å². The highest BCUT2D eigenvalue weighted by molar-refractivity contribution is 5.81. The van der Waals surface area contributed by atoms with E-state index in [4.69, 9.17) is 5.26 Å². The molecule has 0 spiro atoms. The molecule has 2 heterocycles. The number of nitriles is 1. The van der Waals surface area contributed by atoms with Crippen LogP contribution < -0.4 is 10.2 Å². The van der Waals surface area contributed by atoms with E-state index in [1.165, 1.54) is 0 Å². The van der Waals surface area contributed by atoms with Gasteiger partial charge in [0.05, 0.1) is 6.54 Å². The molecule has 1 fully saturated rings. The van der Waals surface area contributed by atoms with Gasteiger partial charge in [0.2, 0.25) is 11.9 Å².